The number of carbonyl (C=O) groups excluding carboxylic acids is 1. The number of hydrogen-bond donors (Lipinski definition) is 3. The fourth-order valence-electron chi connectivity index (χ4n) is 3.69. The van der Waals surface area contributed by atoms with Crippen LogP contribution in [0.4, 0.5) is 5.69 Å². The maximum atomic E-state index is 13.2. The largest absolute Gasteiger partial charge is 0.495 e. The number of nitrogens with one attached hydrogen (secondary N) is 2. The topological polar surface area (TPSA) is 120 Å². The third-order valence-corrected chi connectivity index (χ3v) is 6.92. The predicted octanol–water partition coefficient (Wildman–Crippen LogP) is 1.21. The van der Waals surface area contributed by atoms with Crippen LogP contribution in [-0.4, -0.2) is 40.1 Å². The molecule has 0 saturated heterocycles. The Balaban J connectivity index is 2.00. The number of sulfonamides is 1. The lowest BCUT2D eigenvalue weighted by Crippen LogP contribution is -2.58. The van der Waals surface area contributed by atoms with E-state index < -0.39 is 15.6 Å². The van der Waals surface area contributed by atoms with Crippen molar-refractivity contribution in [2.24, 2.45) is 11.7 Å². The van der Waals surface area contributed by atoms with E-state index in [4.69, 9.17) is 15.2 Å². The number of methoxy groups -OCH3 is 1. The van der Waals surface area contributed by atoms with Crippen molar-refractivity contribution in [2.75, 3.05) is 25.6 Å². The summed E-state index contributed by atoms with van der Waals surface area (Å²) in [5.74, 6) is 0.267. The van der Waals surface area contributed by atoms with E-state index >= 15 is 0 Å². The van der Waals surface area contributed by atoms with Crippen molar-refractivity contribution < 1.29 is 22.7 Å². The predicted molar refractivity (Wildman–Crippen MR) is 96.9 cm³/mol. The van der Waals surface area contributed by atoms with Gasteiger partial charge in [-0.2, -0.15) is 0 Å². The quantitative estimate of drug-likeness (QED) is 0.703. The van der Waals surface area contributed by atoms with Crippen LogP contribution in [-0.2, 0) is 14.8 Å². The number of hydrogen-bond acceptors (Lipinski definition) is 6. The maximum Gasteiger partial charge on any atom is 0.262 e. The van der Waals surface area contributed by atoms with Gasteiger partial charge in [0, 0.05) is 24.2 Å². The molecule has 1 aromatic rings. The maximum absolute atomic E-state index is 13.2. The molecule has 1 aliphatic carbocycles. The van der Waals surface area contributed by atoms with Crippen LogP contribution in [0.15, 0.2) is 17.0 Å². The van der Waals surface area contributed by atoms with Gasteiger partial charge in [-0.25, -0.2) is 13.1 Å². The molecule has 1 fully saturated rings. The molecule has 1 amide bonds. The first kappa shape index (κ1) is 18.9. The molecule has 1 saturated carbocycles. The molecule has 0 aromatic heterocycles. The third kappa shape index (κ3) is 3.38. The van der Waals surface area contributed by atoms with E-state index in [-0.39, 0.29) is 35.6 Å². The van der Waals surface area contributed by atoms with Crippen LogP contribution in [0.1, 0.15) is 32.6 Å². The van der Waals surface area contributed by atoms with Crippen molar-refractivity contribution in [3.05, 3.63) is 12.1 Å². The molecule has 1 aromatic carbocycles. The number of nitrogens with two attached hydrogens (primary N) is 1. The van der Waals surface area contributed by atoms with E-state index in [0.29, 0.717) is 17.9 Å². The summed E-state index contributed by atoms with van der Waals surface area (Å²) in [5, 5.41) is 2.64. The summed E-state index contributed by atoms with van der Waals surface area (Å²) in [6, 6.07) is 2.84. The second-order valence-corrected chi connectivity index (χ2v) is 8.60. The van der Waals surface area contributed by atoms with Crippen LogP contribution < -0.4 is 25.2 Å². The molecule has 144 valence electrons. The van der Waals surface area contributed by atoms with Gasteiger partial charge in [0.1, 0.15) is 16.4 Å². The van der Waals surface area contributed by atoms with Gasteiger partial charge in [0.25, 0.3) is 5.91 Å². The van der Waals surface area contributed by atoms with Crippen LogP contribution in [0.2, 0.25) is 0 Å². The second kappa shape index (κ2) is 7.05. The Hall–Kier alpha value is -1.84. The van der Waals surface area contributed by atoms with E-state index in [1.54, 1.807) is 0 Å². The molecular weight excluding hydrogens is 358 g/mol. The van der Waals surface area contributed by atoms with Crippen LogP contribution in [0.3, 0.4) is 0 Å². The lowest BCUT2D eigenvalue weighted by atomic mass is 9.74. The van der Waals surface area contributed by atoms with Crippen LogP contribution in [0.25, 0.3) is 0 Å². The van der Waals surface area contributed by atoms with E-state index in [1.165, 1.54) is 19.2 Å². The molecule has 0 spiro atoms. The lowest BCUT2D eigenvalue weighted by Gasteiger charge is -2.42. The highest BCUT2D eigenvalue weighted by atomic mass is 32.2. The minimum atomic E-state index is -3.90. The molecule has 1 aliphatic heterocycles. The van der Waals surface area contributed by atoms with Gasteiger partial charge >= 0.3 is 0 Å². The summed E-state index contributed by atoms with van der Waals surface area (Å²) < 4.78 is 39.7. The van der Waals surface area contributed by atoms with Gasteiger partial charge in [-0.05, 0) is 18.8 Å². The summed E-state index contributed by atoms with van der Waals surface area (Å²) in [6.07, 6.45) is 3.63. The van der Waals surface area contributed by atoms with Gasteiger partial charge in [0.2, 0.25) is 10.0 Å². The zero-order valence-electron chi connectivity index (χ0n) is 15.0. The van der Waals surface area contributed by atoms with Gasteiger partial charge < -0.3 is 20.5 Å². The third-order valence-electron chi connectivity index (χ3n) is 5.34. The Bertz CT molecular complexity index is 811. The Morgan fingerprint density at radius 1 is 1.42 bits per heavy atom. The zero-order valence-corrected chi connectivity index (χ0v) is 15.8. The van der Waals surface area contributed by atoms with Gasteiger partial charge in [-0.3, -0.25) is 4.79 Å². The number of ether oxygens (including phenoxy) is 2. The fourth-order valence-corrected chi connectivity index (χ4v) is 5.39. The molecular formula is C17H25N3O5S. The molecule has 1 heterocycles. The molecule has 0 bridgehead atoms. The highest BCUT2D eigenvalue weighted by molar-refractivity contribution is 7.89. The average Bonchev–Trinajstić information content (AvgIpc) is 2.62. The van der Waals surface area contributed by atoms with E-state index in [9.17, 15) is 13.2 Å². The summed E-state index contributed by atoms with van der Waals surface area (Å²) in [4.78, 5) is 11.4. The summed E-state index contributed by atoms with van der Waals surface area (Å²) in [6.45, 7) is 2.10. The molecule has 26 heavy (non-hydrogen) atoms. The number of fused-ring (bicyclic) bond motifs is 1. The van der Waals surface area contributed by atoms with Crippen molar-refractivity contribution in [1.29, 1.82) is 0 Å². The van der Waals surface area contributed by atoms with Crippen molar-refractivity contribution in [1.82, 2.24) is 4.72 Å². The molecule has 2 unspecified atom stereocenters. The Kier molecular flexibility index (Phi) is 5.14. The first-order valence-electron chi connectivity index (χ1n) is 8.70. The molecule has 2 atom stereocenters. The first-order valence-corrected chi connectivity index (χ1v) is 10.2. The number of benzene rings is 1. The minimum absolute atomic E-state index is 0.0273. The smallest absolute Gasteiger partial charge is 0.262 e. The minimum Gasteiger partial charge on any atom is -0.495 e. The van der Waals surface area contributed by atoms with Crippen LogP contribution >= 0.6 is 0 Å². The molecule has 8 nitrogen and oxygen atoms in total. The fraction of sp³-hybridized carbons (Fsp3) is 0.588. The molecule has 2 aliphatic rings. The standard InChI is InChI=1S/C17H25N3O5S/c1-11-5-3-4-6-17(11,10-18)20-26(22,23)15-8-13-12(7-14(15)24-2)19-16(21)9-25-13/h7-8,11,20H,3-6,9-10,18H2,1-2H3,(H,19,21). The van der Waals surface area contributed by atoms with Crippen LogP contribution in [0.5, 0.6) is 11.5 Å². The lowest BCUT2D eigenvalue weighted by molar-refractivity contribution is -0.118. The SMILES string of the molecule is COc1cc2c(cc1S(=O)(=O)NC1(CN)CCCCC1C)OCC(=O)N2. The molecule has 9 heteroatoms. The highest BCUT2D eigenvalue weighted by Crippen LogP contribution is 2.39. The van der Waals surface area contributed by atoms with Crippen molar-refractivity contribution in [2.45, 2.75) is 43.0 Å². The van der Waals surface area contributed by atoms with Crippen LogP contribution in [0, 0.1) is 5.92 Å². The summed E-state index contributed by atoms with van der Waals surface area (Å²) >= 11 is 0. The first-order chi connectivity index (χ1) is 12.3. The monoisotopic (exact) mass is 383 g/mol. The normalized spacial score (nSPS) is 25.8. The Morgan fingerprint density at radius 2 is 2.19 bits per heavy atom. The van der Waals surface area contributed by atoms with Gasteiger partial charge in [0.15, 0.2) is 6.61 Å². The summed E-state index contributed by atoms with van der Waals surface area (Å²) in [5.41, 5.74) is 5.69. The number of carbonyl (C=O) groups is 1. The molecule has 0 radical (unpaired) electrons. The van der Waals surface area contributed by atoms with E-state index in [2.05, 4.69) is 10.0 Å². The number of anilines is 1. The van der Waals surface area contributed by atoms with Crippen molar-refractivity contribution >= 4 is 21.6 Å². The number of amides is 1. The Labute approximate surface area is 153 Å². The van der Waals surface area contributed by atoms with Gasteiger partial charge in [-0.15, -0.1) is 0 Å². The van der Waals surface area contributed by atoms with Gasteiger partial charge in [-0.1, -0.05) is 19.8 Å². The molecule has 3 rings (SSSR count). The zero-order chi connectivity index (χ0) is 18.9. The van der Waals surface area contributed by atoms with E-state index in [1.807, 2.05) is 6.92 Å². The second-order valence-electron chi connectivity index (χ2n) is 6.95. The van der Waals surface area contributed by atoms with Gasteiger partial charge in [0.05, 0.1) is 12.8 Å². The highest BCUT2D eigenvalue weighted by Gasteiger charge is 2.41. The summed E-state index contributed by atoms with van der Waals surface area (Å²) in [7, 11) is -2.52. The Morgan fingerprint density at radius 3 is 2.85 bits per heavy atom. The average molecular weight is 383 g/mol. The molecule has 4 N–H and O–H groups in total. The van der Waals surface area contributed by atoms with Crippen molar-refractivity contribution in [3.8, 4) is 11.5 Å². The van der Waals surface area contributed by atoms with E-state index in [0.717, 1.165) is 19.3 Å². The number of rotatable bonds is 5. The van der Waals surface area contributed by atoms with Crippen molar-refractivity contribution in [3.63, 3.8) is 0 Å².